The average Bonchev–Trinajstić information content (AvgIpc) is 2.82. The van der Waals surface area contributed by atoms with Crippen molar-refractivity contribution in [1.29, 1.82) is 0 Å². The van der Waals surface area contributed by atoms with E-state index < -0.39 is 0 Å². The summed E-state index contributed by atoms with van der Waals surface area (Å²) in [7, 11) is 0. The van der Waals surface area contributed by atoms with Crippen molar-refractivity contribution in [3.05, 3.63) is 53.5 Å². The lowest BCUT2D eigenvalue weighted by Crippen LogP contribution is -2.36. The molecular formula is C23H30FN3. The first-order valence-electron chi connectivity index (χ1n) is 9.50. The molecule has 0 bridgehead atoms. The number of imidazole rings is 1. The molecule has 144 valence electrons. The minimum atomic E-state index is -0.257. The first kappa shape index (κ1) is 19.4. The first-order valence-corrected chi connectivity index (χ1v) is 9.50. The number of nitrogens with one attached hydrogen (secondary N) is 1. The van der Waals surface area contributed by atoms with Gasteiger partial charge in [-0.15, -0.1) is 0 Å². The summed E-state index contributed by atoms with van der Waals surface area (Å²) in [6, 6.07) is 11.0. The van der Waals surface area contributed by atoms with Crippen molar-refractivity contribution < 1.29 is 4.39 Å². The predicted octanol–water partition coefficient (Wildman–Crippen LogP) is 6.38. The van der Waals surface area contributed by atoms with E-state index in [9.17, 15) is 4.39 Å². The fourth-order valence-electron chi connectivity index (χ4n) is 4.18. The molecule has 0 fully saturated rings. The van der Waals surface area contributed by atoms with E-state index in [1.54, 1.807) is 12.1 Å². The number of aryl methyl sites for hydroxylation is 2. The first-order chi connectivity index (χ1) is 12.5. The summed E-state index contributed by atoms with van der Waals surface area (Å²) in [5.74, 6) is 0.591. The van der Waals surface area contributed by atoms with Gasteiger partial charge in [0.2, 0.25) is 0 Å². The van der Waals surface area contributed by atoms with Crippen molar-refractivity contribution in [3.8, 4) is 11.3 Å². The quantitative estimate of drug-likeness (QED) is 0.579. The van der Waals surface area contributed by atoms with Crippen molar-refractivity contribution in [2.75, 3.05) is 5.32 Å². The number of nitrogens with zero attached hydrogens (tertiary/aromatic N) is 2. The molecule has 0 atom stereocenters. The van der Waals surface area contributed by atoms with Gasteiger partial charge in [-0.3, -0.25) is 4.40 Å². The normalized spacial score (nSPS) is 12.6. The Morgan fingerprint density at radius 2 is 1.70 bits per heavy atom. The molecule has 2 heterocycles. The van der Waals surface area contributed by atoms with Crippen LogP contribution in [0.2, 0.25) is 0 Å². The number of anilines is 1. The van der Waals surface area contributed by atoms with Crippen LogP contribution in [0.4, 0.5) is 10.2 Å². The summed E-state index contributed by atoms with van der Waals surface area (Å²) in [6.07, 6.45) is 0.967. The number of hydrogen-bond donors (Lipinski definition) is 1. The molecule has 27 heavy (non-hydrogen) atoms. The van der Waals surface area contributed by atoms with Crippen LogP contribution in [0.25, 0.3) is 16.9 Å². The number of fused-ring (bicyclic) bond motifs is 1. The third kappa shape index (κ3) is 4.15. The molecule has 3 rings (SSSR count). The van der Waals surface area contributed by atoms with Gasteiger partial charge in [0.05, 0.1) is 0 Å². The fraction of sp³-hybridized carbons (Fsp3) is 0.435. The topological polar surface area (TPSA) is 29.3 Å². The van der Waals surface area contributed by atoms with Crippen LogP contribution in [-0.4, -0.2) is 14.9 Å². The summed E-state index contributed by atoms with van der Waals surface area (Å²) in [5.41, 5.74) is 4.22. The molecule has 0 saturated carbocycles. The van der Waals surface area contributed by atoms with E-state index in [2.05, 4.69) is 64.3 Å². The molecule has 0 aliphatic rings. The summed E-state index contributed by atoms with van der Waals surface area (Å²) >= 11 is 0. The van der Waals surface area contributed by atoms with Crippen molar-refractivity contribution in [3.63, 3.8) is 0 Å². The Morgan fingerprint density at radius 1 is 1.04 bits per heavy atom. The molecule has 0 saturated heterocycles. The minimum absolute atomic E-state index is 0.167. The maximum absolute atomic E-state index is 14.6. The van der Waals surface area contributed by atoms with Gasteiger partial charge in [-0.25, -0.2) is 9.37 Å². The van der Waals surface area contributed by atoms with Gasteiger partial charge < -0.3 is 5.32 Å². The highest BCUT2D eigenvalue weighted by Crippen LogP contribution is 2.36. The van der Waals surface area contributed by atoms with Crippen LogP contribution in [0, 0.1) is 25.1 Å². The highest BCUT2D eigenvalue weighted by atomic mass is 19.1. The van der Waals surface area contributed by atoms with Crippen LogP contribution in [0.3, 0.4) is 0 Å². The number of hydrogen-bond acceptors (Lipinski definition) is 2. The molecule has 0 spiro atoms. The third-order valence-corrected chi connectivity index (χ3v) is 4.61. The van der Waals surface area contributed by atoms with Gasteiger partial charge in [0.15, 0.2) is 0 Å². The number of pyridine rings is 1. The Labute approximate surface area is 161 Å². The van der Waals surface area contributed by atoms with Crippen molar-refractivity contribution >= 4 is 11.5 Å². The minimum Gasteiger partial charge on any atom is -0.364 e. The van der Waals surface area contributed by atoms with Crippen LogP contribution in [0.1, 0.15) is 52.3 Å². The molecule has 1 N–H and O–H groups in total. The summed E-state index contributed by atoms with van der Waals surface area (Å²) < 4.78 is 16.7. The van der Waals surface area contributed by atoms with Crippen LogP contribution in [0.5, 0.6) is 0 Å². The molecule has 0 aliphatic carbocycles. The van der Waals surface area contributed by atoms with Gasteiger partial charge in [-0.1, -0.05) is 32.9 Å². The number of rotatable bonds is 4. The van der Waals surface area contributed by atoms with E-state index in [1.807, 2.05) is 12.1 Å². The van der Waals surface area contributed by atoms with Gasteiger partial charge in [0, 0.05) is 16.8 Å². The van der Waals surface area contributed by atoms with Gasteiger partial charge in [0.1, 0.15) is 23.0 Å². The molecule has 0 unspecified atom stereocenters. The molecule has 3 nitrogen and oxygen atoms in total. The summed E-state index contributed by atoms with van der Waals surface area (Å²) in [6.45, 7) is 15.2. The average molecular weight is 368 g/mol. The van der Waals surface area contributed by atoms with E-state index in [1.165, 1.54) is 6.07 Å². The van der Waals surface area contributed by atoms with Gasteiger partial charge in [-0.2, -0.15) is 0 Å². The SMILES string of the molecule is Cc1cc(C)n2c(NC(C)(C)CC(C)(C)C)c(-c3ccccc3F)nc2c1. The highest BCUT2D eigenvalue weighted by Gasteiger charge is 2.28. The predicted molar refractivity (Wildman–Crippen MR) is 112 cm³/mol. The zero-order valence-electron chi connectivity index (χ0n) is 17.4. The molecule has 2 aromatic heterocycles. The van der Waals surface area contributed by atoms with Crippen molar-refractivity contribution in [2.24, 2.45) is 5.41 Å². The van der Waals surface area contributed by atoms with Gasteiger partial charge >= 0.3 is 0 Å². The molecule has 3 aromatic rings. The second-order valence-electron chi connectivity index (χ2n) is 9.40. The Hall–Kier alpha value is -2.36. The Bertz CT molecular complexity index is 977. The fourth-order valence-corrected chi connectivity index (χ4v) is 4.18. The molecule has 1 aromatic carbocycles. The number of aromatic nitrogens is 2. The molecule has 0 amide bonds. The highest BCUT2D eigenvalue weighted by molar-refractivity contribution is 5.78. The molecule has 0 aliphatic heterocycles. The van der Waals surface area contributed by atoms with Gasteiger partial charge in [0.25, 0.3) is 0 Å². The smallest absolute Gasteiger partial charge is 0.139 e. The molecule has 0 radical (unpaired) electrons. The summed E-state index contributed by atoms with van der Waals surface area (Å²) in [4.78, 5) is 4.81. The maximum Gasteiger partial charge on any atom is 0.139 e. The van der Waals surface area contributed by atoms with Crippen LogP contribution in [-0.2, 0) is 0 Å². The Kier molecular flexibility index (Phi) is 4.79. The third-order valence-electron chi connectivity index (χ3n) is 4.61. The maximum atomic E-state index is 14.6. The van der Waals surface area contributed by atoms with Crippen LogP contribution < -0.4 is 5.32 Å². The van der Waals surface area contributed by atoms with Crippen LogP contribution in [0.15, 0.2) is 36.4 Å². The van der Waals surface area contributed by atoms with Crippen molar-refractivity contribution in [2.45, 2.75) is 60.4 Å². The van der Waals surface area contributed by atoms with Gasteiger partial charge in [-0.05, 0) is 69.4 Å². The van der Waals surface area contributed by atoms with E-state index in [0.717, 1.165) is 29.1 Å². The number of halogens is 1. The lowest BCUT2D eigenvalue weighted by molar-refractivity contribution is 0.302. The zero-order valence-corrected chi connectivity index (χ0v) is 17.4. The second kappa shape index (κ2) is 6.66. The van der Waals surface area contributed by atoms with E-state index in [0.29, 0.717) is 11.3 Å². The van der Waals surface area contributed by atoms with Crippen molar-refractivity contribution in [1.82, 2.24) is 9.38 Å². The molecule has 4 heteroatoms. The number of benzene rings is 1. The second-order valence-corrected chi connectivity index (χ2v) is 9.40. The largest absolute Gasteiger partial charge is 0.364 e. The monoisotopic (exact) mass is 367 g/mol. The van der Waals surface area contributed by atoms with E-state index in [-0.39, 0.29) is 16.8 Å². The lowest BCUT2D eigenvalue weighted by Gasteiger charge is -2.34. The van der Waals surface area contributed by atoms with E-state index in [4.69, 9.17) is 4.98 Å². The zero-order chi connectivity index (χ0) is 20.0. The lowest BCUT2D eigenvalue weighted by atomic mass is 9.82. The summed E-state index contributed by atoms with van der Waals surface area (Å²) in [5, 5.41) is 3.69. The van der Waals surface area contributed by atoms with Crippen LogP contribution >= 0.6 is 0 Å². The Balaban J connectivity index is 2.23. The Morgan fingerprint density at radius 3 is 2.33 bits per heavy atom. The standard InChI is InChI=1S/C23H30FN3/c1-15-12-16(2)27-19(13-15)25-20(17-10-8-9-11-18(17)24)21(27)26-23(6,7)14-22(3,4)5/h8-13,26H,14H2,1-7H3. The van der Waals surface area contributed by atoms with E-state index >= 15 is 0 Å². The molecular weight excluding hydrogens is 337 g/mol.